The largest absolute Gasteiger partial charge is 0.366 e. The Morgan fingerprint density at radius 3 is 2.19 bits per heavy atom. The number of benzene rings is 2. The van der Waals surface area contributed by atoms with Crippen LogP contribution in [0.5, 0.6) is 0 Å². The summed E-state index contributed by atoms with van der Waals surface area (Å²) >= 11 is 0. The Morgan fingerprint density at radius 1 is 0.962 bits per heavy atom. The summed E-state index contributed by atoms with van der Waals surface area (Å²) in [4.78, 5) is 23.2. The van der Waals surface area contributed by atoms with Gasteiger partial charge in [-0.05, 0) is 55.3 Å². The zero-order valence-electron chi connectivity index (χ0n) is 14.6. The van der Waals surface area contributed by atoms with Crippen molar-refractivity contribution in [2.24, 2.45) is 5.73 Å². The van der Waals surface area contributed by atoms with E-state index in [0.717, 1.165) is 5.56 Å². The molecule has 0 heterocycles. The Kier molecular flexibility index (Phi) is 6.12. The molecule has 0 radical (unpaired) electrons. The Bertz CT molecular complexity index is 922. The quantitative estimate of drug-likeness (QED) is 0.628. The average Bonchev–Trinajstić information content (AvgIpc) is 2.60. The lowest BCUT2D eigenvalue weighted by atomic mass is 10.1. The minimum atomic E-state index is -3.64. The van der Waals surface area contributed by atoms with Crippen LogP contribution in [0.4, 0.5) is 0 Å². The summed E-state index contributed by atoms with van der Waals surface area (Å²) in [5.74, 6) is -0.940. The number of rotatable bonds is 7. The van der Waals surface area contributed by atoms with E-state index in [0.29, 0.717) is 16.7 Å². The van der Waals surface area contributed by atoms with Gasteiger partial charge in [0.2, 0.25) is 15.9 Å². The van der Waals surface area contributed by atoms with Crippen molar-refractivity contribution in [2.45, 2.75) is 18.7 Å². The third-order valence-electron chi connectivity index (χ3n) is 3.77. The third-order valence-corrected chi connectivity index (χ3v) is 5.37. The van der Waals surface area contributed by atoms with E-state index in [2.05, 4.69) is 10.0 Å². The van der Waals surface area contributed by atoms with Gasteiger partial charge in [-0.3, -0.25) is 9.59 Å². The predicted octanol–water partition coefficient (Wildman–Crippen LogP) is 1.11. The summed E-state index contributed by atoms with van der Waals surface area (Å²) in [5, 5.41) is 2.62. The van der Waals surface area contributed by atoms with Gasteiger partial charge in [0.1, 0.15) is 0 Å². The number of nitrogens with two attached hydrogens (primary N) is 1. The van der Waals surface area contributed by atoms with Crippen molar-refractivity contribution in [3.05, 3.63) is 64.7 Å². The molecule has 0 unspecified atom stereocenters. The highest BCUT2D eigenvalue weighted by atomic mass is 32.2. The molecule has 0 aliphatic rings. The standard InChI is InChI=1S/C18H21N3O4S/c1-12-3-4-13(2)16(11-12)26(24,25)21-10-9-20-18(23)15-7-5-14(6-8-15)17(19)22/h3-8,11,21H,9-10H2,1-2H3,(H2,19,22)(H,20,23). The molecule has 0 fully saturated rings. The van der Waals surface area contributed by atoms with Crippen LogP contribution in [0.25, 0.3) is 0 Å². The molecule has 0 spiro atoms. The average molecular weight is 375 g/mol. The number of sulfonamides is 1. The summed E-state index contributed by atoms with van der Waals surface area (Å²) in [6, 6.07) is 11.1. The molecule has 0 aromatic heterocycles. The first-order valence-electron chi connectivity index (χ1n) is 7.96. The number of amides is 2. The van der Waals surface area contributed by atoms with E-state index in [-0.39, 0.29) is 23.9 Å². The van der Waals surface area contributed by atoms with E-state index in [1.807, 2.05) is 13.0 Å². The summed E-state index contributed by atoms with van der Waals surface area (Å²) < 4.78 is 27.2. The second-order valence-electron chi connectivity index (χ2n) is 5.86. The van der Waals surface area contributed by atoms with Crippen molar-refractivity contribution in [3.63, 3.8) is 0 Å². The smallest absolute Gasteiger partial charge is 0.251 e. The molecule has 2 rings (SSSR count). The second-order valence-corrected chi connectivity index (χ2v) is 7.60. The first kappa shape index (κ1) is 19.6. The van der Waals surface area contributed by atoms with Gasteiger partial charge < -0.3 is 11.1 Å². The van der Waals surface area contributed by atoms with Crippen molar-refractivity contribution in [2.75, 3.05) is 13.1 Å². The van der Waals surface area contributed by atoms with Crippen LogP contribution >= 0.6 is 0 Å². The Labute approximate surface area is 152 Å². The molecule has 0 aliphatic carbocycles. The molecule has 4 N–H and O–H groups in total. The zero-order valence-corrected chi connectivity index (χ0v) is 15.4. The molecule has 26 heavy (non-hydrogen) atoms. The maximum atomic E-state index is 12.4. The second kappa shape index (κ2) is 8.11. The molecular weight excluding hydrogens is 354 g/mol. The molecule has 0 saturated carbocycles. The summed E-state index contributed by atoms with van der Waals surface area (Å²) in [6.07, 6.45) is 0. The van der Waals surface area contributed by atoms with Crippen LogP contribution in [-0.2, 0) is 10.0 Å². The topological polar surface area (TPSA) is 118 Å². The molecule has 138 valence electrons. The van der Waals surface area contributed by atoms with Crippen LogP contribution in [0.3, 0.4) is 0 Å². The van der Waals surface area contributed by atoms with E-state index in [4.69, 9.17) is 5.73 Å². The molecule has 0 bridgehead atoms. The SMILES string of the molecule is Cc1ccc(C)c(S(=O)(=O)NCCNC(=O)c2ccc(C(N)=O)cc2)c1. The summed E-state index contributed by atoms with van der Waals surface area (Å²) in [5.41, 5.74) is 7.31. The van der Waals surface area contributed by atoms with Gasteiger partial charge in [-0.1, -0.05) is 12.1 Å². The lowest BCUT2D eigenvalue weighted by Crippen LogP contribution is -2.35. The summed E-state index contributed by atoms with van der Waals surface area (Å²) in [7, 11) is -3.64. The molecule has 7 nitrogen and oxygen atoms in total. The fraction of sp³-hybridized carbons (Fsp3) is 0.222. The van der Waals surface area contributed by atoms with Crippen molar-refractivity contribution < 1.29 is 18.0 Å². The number of carbonyl (C=O) groups excluding carboxylic acids is 2. The zero-order chi connectivity index (χ0) is 19.3. The molecule has 2 amide bonds. The van der Waals surface area contributed by atoms with E-state index >= 15 is 0 Å². The normalized spacial score (nSPS) is 11.2. The highest BCUT2D eigenvalue weighted by Crippen LogP contribution is 2.16. The first-order valence-corrected chi connectivity index (χ1v) is 9.44. The Morgan fingerprint density at radius 2 is 1.58 bits per heavy atom. The third kappa shape index (κ3) is 4.90. The van der Waals surface area contributed by atoms with Crippen LogP contribution in [0, 0.1) is 13.8 Å². The highest BCUT2D eigenvalue weighted by molar-refractivity contribution is 7.89. The molecule has 0 saturated heterocycles. The van der Waals surface area contributed by atoms with Crippen molar-refractivity contribution >= 4 is 21.8 Å². The van der Waals surface area contributed by atoms with Gasteiger partial charge >= 0.3 is 0 Å². The molecule has 8 heteroatoms. The van der Waals surface area contributed by atoms with Gasteiger partial charge in [0.05, 0.1) is 4.90 Å². The van der Waals surface area contributed by atoms with Gasteiger partial charge in [0.25, 0.3) is 5.91 Å². The number of hydrogen-bond acceptors (Lipinski definition) is 4. The minimum absolute atomic E-state index is 0.0564. The molecular formula is C18H21N3O4S. The van der Waals surface area contributed by atoms with Gasteiger partial charge in [0.15, 0.2) is 0 Å². The van der Waals surface area contributed by atoms with Crippen molar-refractivity contribution in [3.8, 4) is 0 Å². The monoisotopic (exact) mass is 375 g/mol. The lowest BCUT2D eigenvalue weighted by molar-refractivity contribution is 0.0951. The minimum Gasteiger partial charge on any atom is -0.366 e. The fourth-order valence-electron chi connectivity index (χ4n) is 2.32. The van der Waals surface area contributed by atoms with Crippen LogP contribution < -0.4 is 15.8 Å². The van der Waals surface area contributed by atoms with E-state index in [9.17, 15) is 18.0 Å². The Balaban J connectivity index is 1.90. The number of primary amides is 1. The van der Waals surface area contributed by atoms with Crippen molar-refractivity contribution in [1.82, 2.24) is 10.0 Å². The Hall–Kier alpha value is -2.71. The maximum Gasteiger partial charge on any atom is 0.251 e. The van der Waals surface area contributed by atoms with Gasteiger partial charge in [-0.2, -0.15) is 0 Å². The van der Waals surface area contributed by atoms with Gasteiger partial charge in [-0.25, -0.2) is 13.1 Å². The molecule has 0 aliphatic heterocycles. The lowest BCUT2D eigenvalue weighted by Gasteiger charge is -2.11. The molecule has 0 atom stereocenters. The van der Waals surface area contributed by atoms with Crippen LogP contribution in [0.2, 0.25) is 0 Å². The van der Waals surface area contributed by atoms with E-state index < -0.39 is 15.9 Å². The number of nitrogens with one attached hydrogen (secondary N) is 2. The van der Waals surface area contributed by atoms with E-state index in [1.54, 1.807) is 19.1 Å². The number of carbonyl (C=O) groups is 2. The van der Waals surface area contributed by atoms with Crippen molar-refractivity contribution in [1.29, 1.82) is 0 Å². The molecule has 2 aromatic carbocycles. The predicted molar refractivity (Wildman–Crippen MR) is 98.4 cm³/mol. The van der Waals surface area contributed by atoms with Crippen LogP contribution in [-0.4, -0.2) is 33.3 Å². The highest BCUT2D eigenvalue weighted by Gasteiger charge is 2.16. The number of hydrogen-bond donors (Lipinski definition) is 3. The van der Waals surface area contributed by atoms with Crippen LogP contribution in [0.15, 0.2) is 47.4 Å². The number of aryl methyl sites for hydroxylation is 2. The maximum absolute atomic E-state index is 12.4. The fourth-order valence-corrected chi connectivity index (χ4v) is 3.68. The summed E-state index contributed by atoms with van der Waals surface area (Å²) in [6.45, 7) is 3.73. The molecule has 2 aromatic rings. The van der Waals surface area contributed by atoms with Crippen LogP contribution in [0.1, 0.15) is 31.8 Å². The van der Waals surface area contributed by atoms with Gasteiger partial charge in [-0.15, -0.1) is 0 Å². The van der Waals surface area contributed by atoms with Gasteiger partial charge in [0, 0.05) is 24.2 Å². The first-order chi connectivity index (χ1) is 12.2. The van der Waals surface area contributed by atoms with E-state index in [1.165, 1.54) is 24.3 Å².